The van der Waals surface area contributed by atoms with Crippen LogP contribution in [0.2, 0.25) is 0 Å². The lowest BCUT2D eigenvalue weighted by molar-refractivity contribution is -0.136. The molecule has 110 valence electrons. The summed E-state index contributed by atoms with van der Waals surface area (Å²) in [6.07, 6.45) is 6.35. The number of nitrogens with zero attached hydrogens (tertiary/aromatic N) is 1. The molecule has 1 fully saturated rings. The zero-order chi connectivity index (χ0) is 14.1. The van der Waals surface area contributed by atoms with Crippen LogP contribution in [0.1, 0.15) is 35.7 Å². The molecule has 20 heavy (non-hydrogen) atoms. The Bertz CT molecular complexity index is 484. The minimum atomic E-state index is -0.330. The minimum Gasteiger partial charge on any atom is -0.334 e. The fraction of sp³-hybridized carbons (Fsp3) is 0.667. The Morgan fingerprint density at radius 3 is 3.10 bits per heavy atom. The largest absolute Gasteiger partial charge is 0.334 e. The molecule has 1 amide bonds. The number of hydrogen-bond donors (Lipinski definition) is 1. The van der Waals surface area contributed by atoms with Gasteiger partial charge >= 0.3 is 0 Å². The standard InChI is InChI=1S/C15H22N2OS2/c1-19-8-6-12(16)15(18)17-7-4-13-11(5-9-20-13)14(17)10-2-3-10/h5,9-10,12,14H,2-4,6-8,16H2,1H3/t12-,14?/m0/s1. The molecule has 0 radical (unpaired) electrons. The highest BCUT2D eigenvalue weighted by Gasteiger charge is 2.42. The molecule has 2 N–H and O–H groups in total. The van der Waals surface area contributed by atoms with Crippen LogP contribution in [0.4, 0.5) is 0 Å². The highest BCUT2D eigenvalue weighted by Crippen LogP contribution is 2.48. The molecule has 1 saturated carbocycles. The van der Waals surface area contributed by atoms with Crippen LogP contribution in [0.3, 0.4) is 0 Å². The second-order valence-electron chi connectivity index (χ2n) is 5.75. The van der Waals surface area contributed by atoms with E-state index < -0.39 is 0 Å². The summed E-state index contributed by atoms with van der Waals surface area (Å²) in [4.78, 5) is 16.2. The van der Waals surface area contributed by atoms with Crippen molar-refractivity contribution in [1.29, 1.82) is 0 Å². The summed E-state index contributed by atoms with van der Waals surface area (Å²) in [6.45, 7) is 0.848. The highest BCUT2D eigenvalue weighted by molar-refractivity contribution is 7.98. The smallest absolute Gasteiger partial charge is 0.240 e. The molecule has 1 aliphatic carbocycles. The number of hydrogen-bond acceptors (Lipinski definition) is 4. The van der Waals surface area contributed by atoms with Crippen LogP contribution in [0, 0.1) is 5.92 Å². The van der Waals surface area contributed by atoms with E-state index in [0.29, 0.717) is 12.0 Å². The third kappa shape index (κ3) is 2.76. The van der Waals surface area contributed by atoms with Gasteiger partial charge in [-0.2, -0.15) is 11.8 Å². The van der Waals surface area contributed by atoms with Crippen molar-refractivity contribution < 1.29 is 4.79 Å². The third-order valence-corrected chi connectivity index (χ3v) is 5.96. The second-order valence-corrected chi connectivity index (χ2v) is 7.74. The fourth-order valence-corrected chi connectivity index (χ4v) is 4.50. The molecular formula is C15H22N2OS2. The number of carbonyl (C=O) groups excluding carboxylic acids is 1. The number of fused-ring (bicyclic) bond motifs is 1. The molecule has 0 spiro atoms. The van der Waals surface area contributed by atoms with Crippen molar-refractivity contribution in [3.8, 4) is 0 Å². The fourth-order valence-electron chi connectivity index (χ4n) is 3.10. The van der Waals surface area contributed by atoms with E-state index in [2.05, 4.69) is 22.6 Å². The first kappa shape index (κ1) is 14.4. The Kier molecular flexibility index (Phi) is 4.38. The maximum Gasteiger partial charge on any atom is 0.240 e. The first-order chi connectivity index (χ1) is 9.72. The zero-order valence-electron chi connectivity index (χ0n) is 11.9. The average Bonchev–Trinajstić information content (AvgIpc) is 3.19. The van der Waals surface area contributed by atoms with Crippen molar-refractivity contribution in [2.75, 3.05) is 18.6 Å². The van der Waals surface area contributed by atoms with Crippen LogP contribution in [0.15, 0.2) is 11.4 Å². The normalized spacial score (nSPS) is 23.5. The molecular weight excluding hydrogens is 288 g/mol. The summed E-state index contributed by atoms with van der Waals surface area (Å²) in [6, 6.07) is 2.19. The average molecular weight is 310 g/mol. The highest BCUT2D eigenvalue weighted by atomic mass is 32.2. The van der Waals surface area contributed by atoms with E-state index in [1.165, 1.54) is 23.3 Å². The van der Waals surface area contributed by atoms with Gasteiger partial charge in [-0.3, -0.25) is 4.79 Å². The molecule has 1 unspecified atom stereocenters. The molecule has 2 aliphatic rings. The van der Waals surface area contributed by atoms with Gasteiger partial charge in [-0.15, -0.1) is 11.3 Å². The van der Waals surface area contributed by atoms with Crippen molar-refractivity contribution in [2.45, 2.75) is 37.8 Å². The molecule has 2 heterocycles. The van der Waals surface area contributed by atoms with Gasteiger partial charge in [0.25, 0.3) is 0 Å². The summed E-state index contributed by atoms with van der Waals surface area (Å²) in [7, 11) is 0. The van der Waals surface area contributed by atoms with Crippen LogP contribution >= 0.6 is 23.1 Å². The summed E-state index contributed by atoms with van der Waals surface area (Å²) in [5.41, 5.74) is 7.51. The van der Waals surface area contributed by atoms with Crippen LogP contribution in [0.5, 0.6) is 0 Å². The Labute approximate surface area is 128 Å². The SMILES string of the molecule is CSCC[C@H](N)C(=O)N1CCc2sccc2C1C1CC1. The summed E-state index contributed by atoms with van der Waals surface area (Å²) in [5, 5.41) is 2.17. The van der Waals surface area contributed by atoms with Gasteiger partial charge in [-0.25, -0.2) is 0 Å². The number of amides is 1. The topological polar surface area (TPSA) is 46.3 Å². The van der Waals surface area contributed by atoms with Crippen molar-refractivity contribution >= 4 is 29.0 Å². The van der Waals surface area contributed by atoms with Crippen molar-refractivity contribution in [2.24, 2.45) is 11.7 Å². The van der Waals surface area contributed by atoms with Crippen LogP contribution < -0.4 is 5.73 Å². The molecule has 5 heteroatoms. The Hall–Kier alpha value is -0.520. The van der Waals surface area contributed by atoms with E-state index in [0.717, 1.165) is 25.1 Å². The van der Waals surface area contributed by atoms with Gasteiger partial charge in [0.05, 0.1) is 12.1 Å². The second kappa shape index (κ2) is 6.08. The molecule has 0 saturated heterocycles. The molecule has 3 rings (SSSR count). The van der Waals surface area contributed by atoms with E-state index in [4.69, 9.17) is 5.73 Å². The Morgan fingerprint density at radius 1 is 1.60 bits per heavy atom. The van der Waals surface area contributed by atoms with Crippen molar-refractivity contribution in [1.82, 2.24) is 4.90 Å². The molecule has 1 aromatic rings. The zero-order valence-corrected chi connectivity index (χ0v) is 13.5. The molecule has 2 atom stereocenters. The van der Waals surface area contributed by atoms with E-state index in [1.807, 2.05) is 11.3 Å². The monoisotopic (exact) mass is 310 g/mol. The predicted molar refractivity (Wildman–Crippen MR) is 86.2 cm³/mol. The molecule has 1 aromatic heterocycles. The Morgan fingerprint density at radius 2 is 2.40 bits per heavy atom. The molecule has 3 nitrogen and oxygen atoms in total. The quantitative estimate of drug-likeness (QED) is 0.909. The van der Waals surface area contributed by atoms with Gasteiger partial charge in [0.2, 0.25) is 5.91 Å². The van der Waals surface area contributed by atoms with Gasteiger partial charge < -0.3 is 10.6 Å². The summed E-state index contributed by atoms with van der Waals surface area (Å²) in [5.74, 6) is 1.78. The van der Waals surface area contributed by atoms with Gasteiger partial charge in [-0.1, -0.05) is 0 Å². The Balaban J connectivity index is 1.77. The number of rotatable bonds is 5. The lowest BCUT2D eigenvalue weighted by atomic mass is 9.95. The lowest BCUT2D eigenvalue weighted by Gasteiger charge is -2.37. The third-order valence-electron chi connectivity index (χ3n) is 4.32. The van der Waals surface area contributed by atoms with Gasteiger partial charge in [0.1, 0.15) is 0 Å². The number of nitrogens with two attached hydrogens (primary N) is 1. The van der Waals surface area contributed by atoms with Gasteiger partial charge in [-0.05, 0) is 60.6 Å². The summed E-state index contributed by atoms with van der Waals surface area (Å²) >= 11 is 3.59. The van der Waals surface area contributed by atoms with Crippen molar-refractivity contribution in [3.05, 3.63) is 21.9 Å². The van der Waals surface area contributed by atoms with Gasteiger partial charge in [0.15, 0.2) is 0 Å². The van der Waals surface area contributed by atoms with E-state index in [1.54, 1.807) is 11.8 Å². The molecule has 0 bridgehead atoms. The van der Waals surface area contributed by atoms with E-state index in [-0.39, 0.29) is 11.9 Å². The predicted octanol–water partition coefficient (Wildman–Crippen LogP) is 2.66. The van der Waals surface area contributed by atoms with Crippen LogP contribution in [-0.2, 0) is 11.2 Å². The number of thioether (sulfide) groups is 1. The van der Waals surface area contributed by atoms with Crippen LogP contribution in [-0.4, -0.2) is 35.4 Å². The van der Waals surface area contributed by atoms with E-state index in [9.17, 15) is 4.79 Å². The lowest BCUT2D eigenvalue weighted by Crippen LogP contribution is -2.48. The minimum absolute atomic E-state index is 0.160. The van der Waals surface area contributed by atoms with Crippen LogP contribution in [0.25, 0.3) is 0 Å². The first-order valence-electron chi connectivity index (χ1n) is 7.33. The van der Waals surface area contributed by atoms with E-state index >= 15 is 0 Å². The maximum atomic E-state index is 12.7. The number of thiophene rings is 1. The maximum absolute atomic E-state index is 12.7. The molecule has 1 aliphatic heterocycles. The summed E-state index contributed by atoms with van der Waals surface area (Å²) < 4.78 is 0. The van der Waals surface area contributed by atoms with Gasteiger partial charge in [0, 0.05) is 11.4 Å². The van der Waals surface area contributed by atoms with Crippen molar-refractivity contribution in [3.63, 3.8) is 0 Å². The first-order valence-corrected chi connectivity index (χ1v) is 9.61. The molecule has 0 aromatic carbocycles. The number of carbonyl (C=O) groups is 1.